The maximum absolute atomic E-state index is 12.4. The molecule has 0 aliphatic carbocycles. The molecule has 1 aliphatic heterocycles. The third kappa shape index (κ3) is 3.49. The van der Waals surface area contributed by atoms with Crippen LogP contribution in [0.2, 0.25) is 0 Å². The van der Waals surface area contributed by atoms with Crippen LogP contribution < -0.4 is 5.32 Å². The van der Waals surface area contributed by atoms with E-state index in [2.05, 4.69) is 10.3 Å². The third-order valence-corrected chi connectivity index (χ3v) is 5.45. The summed E-state index contributed by atoms with van der Waals surface area (Å²) < 4.78 is 26.7. The Balaban J connectivity index is 1.72. The van der Waals surface area contributed by atoms with Crippen LogP contribution in [0.1, 0.15) is 18.4 Å². The van der Waals surface area contributed by atoms with Gasteiger partial charge in [-0.25, -0.2) is 13.4 Å². The van der Waals surface area contributed by atoms with Crippen LogP contribution in [0.15, 0.2) is 43.0 Å². The Hall–Kier alpha value is -2.19. The molecule has 1 aliphatic rings. The van der Waals surface area contributed by atoms with Crippen LogP contribution in [-0.4, -0.2) is 47.0 Å². The topological polar surface area (TPSA) is 84.3 Å². The van der Waals surface area contributed by atoms with E-state index in [4.69, 9.17) is 0 Å². The highest BCUT2D eigenvalue weighted by molar-refractivity contribution is 7.88. The minimum Gasteiger partial charge on any atom is -0.351 e. The van der Waals surface area contributed by atoms with E-state index in [1.165, 1.54) is 4.31 Å². The summed E-state index contributed by atoms with van der Waals surface area (Å²) in [7, 11) is -3.36. The molecule has 0 spiro atoms. The van der Waals surface area contributed by atoms with E-state index in [-0.39, 0.29) is 5.91 Å². The number of nitrogens with zero attached hydrogens (tertiary/aromatic N) is 3. The van der Waals surface area contributed by atoms with E-state index >= 15 is 0 Å². The number of carbonyl (C=O) groups is 1. The second-order valence-corrected chi connectivity index (χ2v) is 7.78. The summed E-state index contributed by atoms with van der Waals surface area (Å²) in [5, 5.41) is 2.87. The summed E-state index contributed by atoms with van der Waals surface area (Å²) in [5.41, 5.74) is 1.87. The molecule has 128 valence electrons. The molecule has 2 aromatic rings. The van der Waals surface area contributed by atoms with Gasteiger partial charge in [0.05, 0.1) is 18.3 Å². The third-order valence-electron chi connectivity index (χ3n) is 4.16. The molecule has 1 amide bonds. The number of para-hydroxylation sites is 1. The molecule has 1 fully saturated rings. The highest BCUT2D eigenvalue weighted by Crippen LogP contribution is 2.21. The molecular formula is C16H20N4O3S. The van der Waals surface area contributed by atoms with Gasteiger partial charge in [0.1, 0.15) is 6.04 Å². The first-order chi connectivity index (χ1) is 11.5. The van der Waals surface area contributed by atoms with Crippen LogP contribution in [0.3, 0.4) is 0 Å². The second-order valence-electron chi connectivity index (χ2n) is 5.85. The lowest BCUT2D eigenvalue weighted by Crippen LogP contribution is -2.45. The van der Waals surface area contributed by atoms with Crippen molar-refractivity contribution in [1.29, 1.82) is 0 Å². The summed E-state index contributed by atoms with van der Waals surface area (Å²) in [6, 6.07) is 7.09. The Morgan fingerprint density at radius 3 is 2.88 bits per heavy atom. The molecule has 2 heterocycles. The van der Waals surface area contributed by atoms with E-state index in [0.717, 1.165) is 17.5 Å². The number of aromatic nitrogens is 2. The number of amides is 1. The van der Waals surface area contributed by atoms with Gasteiger partial charge in [0, 0.05) is 25.5 Å². The molecule has 1 N–H and O–H groups in total. The van der Waals surface area contributed by atoms with Gasteiger partial charge >= 0.3 is 0 Å². The molecule has 1 aromatic carbocycles. The average Bonchev–Trinajstić information content (AvgIpc) is 3.23. The average molecular weight is 348 g/mol. The van der Waals surface area contributed by atoms with Gasteiger partial charge in [-0.05, 0) is 24.5 Å². The smallest absolute Gasteiger partial charge is 0.238 e. The summed E-state index contributed by atoms with van der Waals surface area (Å²) in [4.78, 5) is 16.5. The number of sulfonamides is 1. The number of nitrogens with one attached hydrogen (secondary N) is 1. The zero-order chi connectivity index (χ0) is 17.2. The molecule has 0 bridgehead atoms. The van der Waals surface area contributed by atoms with Crippen LogP contribution >= 0.6 is 0 Å². The number of imidazole rings is 1. The van der Waals surface area contributed by atoms with Gasteiger partial charge in [-0.2, -0.15) is 4.31 Å². The normalized spacial score (nSPS) is 18.6. The first-order valence-corrected chi connectivity index (χ1v) is 9.62. The molecule has 3 rings (SSSR count). The van der Waals surface area contributed by atoms with Crippen molar-refractivity contribution in [1.82, 2.24) is 19.2 Å². The minimum absolute atomic E-state index is 0.252. The van der Waals surface area contributed by atoms with E-state index in [1.807, 2.05) is 35.0 Å². The molecule has 0 saturated carbocycles. The molecule has 8 heteroatoms. The van der Waals surface area contributed by atoms with E-state index in [1.54, 1.807) is 12.5 Å². The standard InChI is InChI=1S/C16H20N4O3S/c1-24(22,23)20-9-4-7-15(20)16(21)18-11-13-5-2-3-6-14(13)19-10-8-17-12-19/h2-3,5-6,8,10,12,15H,4,7,9,11H2,1H3,(H,18,21)/t15-/m0/s1. The van der Waals surface area contributed by atoms with Crippen molar-refractivity contribution in [2.24, 2.45) is 0 Å². The van der Waals surface area contributed by atoms with Crippen molar-refractivity contribution in [3.8, 4) is 5.69 Å². The predicted molar refractivity (Wildman–Crippen MR) is 90.0 cm³/mol. The number of hydrogen-bond donors (Lipinski definition) is 1. The predicted octanol–water partition coefficient (Wildman–Crippen LogP) is 0.912. The van der Waals surface area contributed by atoms with E-state index in [0.29, 0.717) is 25.9 Å². The highest BCUT2D eigenvalue weighted by atomic mass is 32.2. The maximum Gasteiger partial charge on any atom is 0.238 e. The molecule has 1 atom stereocenters. The number of carbonyl (C=O) groups excluding carboxylic acids is 1. The lowest BCUT2D eigenvalue weighted by atomic mass is 10.1. The van der Waals surface area contributed by atoms with E-state index < -0.39 is 16.1 Å². The van der Waals surface area contributed by atoms with Crippen molar-refractivity contribution in [3.63, 3.8) is 0 Å². The quantitative estimate of drug-likeness (QED) is 0.870. The Labute approximate surface area is 141 Å². The fraction of sp³-hybridized carbons (Fsp3) is 0.375. The zero-order valence-corrected chi connectivity index (χ0v) is 14.2. The van der Waals surface area contributed by atoms with Crippen molar-refractivity contribution in [2.45, 2.75) is 25.4 Å². The Morgan fingerprint density at radius 1 is 1.38 bits per heavy atom. The first-order valence-electron chi connectivity index (χ1n) is 7.77. The van der Waals surface area contributed by atoms with Crippen molar-refractivity contribution in [3.05, 3.63) is 48.5 Å². The fourth-order valence-corrected chi connectivity index (χ4v) is 4.14. The largest absolute Gasteiger partial charge is 0.351 e. The lowest BCUT2D eigenvalue weighted by molar-refractivity contribution is -0.124. The van der Waals surface area contributed by atoms with Gasteiger partial charge < -0.3 is 9.88 Å². The molecule has 1 aromatic heterocycles. The number of hydrogen-bond acceptors (Lipinski definition) is 4. The first kappa shape index (κ1) is 16.7. The minimum atomic E-state index is -3.36. The molecule has 0 radical (unpaired) electrons. The molecule has 7 nitrogen and oxygen atoms in total. The number of rotatable bonds is 5. The fourth-order valence-electron chi connectivity index (χ4n) is 3.01. The SMILES string of the molecule is CS(=O)(=O)N1CCC[C@H]1C(=O)NCc1ccccc1-n1ccnc1. The van der Waals surface area contributed by atoms with Crippen LogP contribution in [-0.2, 0) is 21.4 Å². The van der Waals surface area contributed by atoms with Gasteiger partial charge in [0.25, 0.3) is 0 Å². The van der Waals surface area contributed by atoms with Crippen LogP contribution in [0.5, 0.6) is 0 Å². The Morgan fingerprint density at radius 2 is 2.17 bits per heavy atom. The summed E-state index contributed by atoms with van der Waals surface area (Å²) in [6.45, 7) is 0.740. The number of benzene rings is 1. The summed E-state index contributed by atoms with van der Waals surface area (Å²) in [5.74, 6) is -0.252. The Kier molecular flexibility index (Phi) is 4.68. The molecular weight excluding hydrogens is 328 g/mol. The van der Waals surface area contributed by atoms with Crippen molar-refractivity contribution >= 4 is 15.9 Å². The van der Waals surface area contributed by atoms with Crippen LogP contribution in [0.4, 0.5) is 0 Å². The van der Waals surface area contributed by atoms with Gasteiger partial charge in [0.15, 0.2) is 0 Å². The van der Waals surface area contributed by atoms with Crippen LogP contribution in [0, 0.1) is 0 Å². The monoisotopic (exact) mass is 348 g/mol. The zero-order valence-electron chi connectivity index (χ0n) is 13.4. The second kappa shape index (κ2) is 6.74. The lowest BCUT2D eigenvalue weighted by Gasteiger charge is -2.21. The highest BCUT2D eigenvalue weighted by Gasteiger charge is 2.36. The molecule has 0 unspecified atom stereocenters. The van der Waals surface area contributed by atoms with Crippen molar-refractivity contribution in [2.75, 3.05) is 12.8 Å². The van der Waals surface area contributed by atoms with E-state index in [9.17, 15) is 13.2 Å². The maximum atomic E-state index is 12.4. The summed E-state index contributed by atoms with van der Waals surface area (Å²) in [6.07, 6.45) is 7.63. The van der Waals surface area contributed by atoms with Gasteiger partial charge in [-0.3, -0.25) is 4.79 Å². The van der Waals surface area contributed by atoms with Gasteiger partial charge in [0.2, 0.25) is 15.9 Å². The van der Waals surface area contributed by atoms with Gasteiger partial charge in [-0.1, -0.05) is 18.2 Å². The molecule has 1 saturated heterocycles. The summed E-state index contributed by atoms with van der Waals surface area (Å²) >= 11 is 0. The van der Waals surface area contributed by atoms with Crippen LogP contribution in [0.25, 0.3) is 5.69 Å². The molecule has 24 heavy (non-hydrogen) atoms. The Bertz CT molecular complexity index is 818. The van der Waals surface area contributed by atoms with Gasteiger partial charge in [-0.15, -0.1) is 0 Å². The van der Waals surface area contributed by atoms with Crippen molar-refractivity contribution < 1.29 is 13.2 Å².